The van der Waals surface area contributed by atoms with E-state index in [-0.39, 0.29) is 18.6 Å². The summed E-state index contributed by atoms with van der Waals surface area (Å²) in [6.07, 6.45) is 2.97. The van der Waals surface area contributed by atoms with Crippen LogP contribution < -0.4 is 0 Å². The van der Waals surface area contributed by atoms with Gasteiger partial charge < -0.3 is 10.0 Å². The first-order valence-corrected chi connectivity index (χ1v) is 8.06. The number of hydrogen-bond acceptors (Lipinski definition) is 2. The average Bonchev–Trinajstić information content (AvgIpc) is 2.48. The molecular formula is C17H26ClNO2. The van der Waals surface area contributed by atoms with E-state index in [1.165, 1.54) is 0 Å². The number of aliphatic hydroxyl groups is 1. The lowest BCUT2D eigenvalue weighted by atomic mass is 10.1. The van der Waals surface area contributed by atoms with Gasteiger partial charge >= 0.3 is 0 Å². The third kappa shape index (κ3) is 5.33. The molecule has 0 unspecified atom stereocenters. The molecule has 0 atom stereocenters. The van der Waals surface area contributed by atoms with Crippen molar-refractivity contribution in [2.75, 3.05) is 13.2 Å². The third-order valence-electron chi connectivity index (χ3n) is 3.91. The van der Waals surface area contributed by atoms with E-state index in [2.05, 4.69) is 13.8 Å². The Morgan fingerprint density at radius 3 is 2.52 bits per heavy atom. The van der Waals surface area contributed by atoms with Gasteiger partial charge in [-0.15, -0.1) is 0 Å². The molecule has 1 aromatic rings. The molecule has 0 heterocycles. The summed E-state index contributed by atoms with van der Waals surface area (Å²) < 4.78 is 0. The molecule has 0 aliphatic carbocycles. The number of carbonyl (C=O) groups excluding carboxylic acids is 1. The predicted octanol–water partition coefficient (Wildman–Crippen LogP) is 3.59. The minimum absolute atomic E-state index is 0.0125. The van der Waals surface area contributed by atoms with Gasteiger partial charge in [0, 0.05) is 24.0 Å². The largest absolute Gasteiger partial charge is 0.395 e. The lowest BCUT2D eigenvalue weighted by Gasteiger charge is -2.30. The summed E-state index contributed by atoms with van der Waals surface area (Å²) in [7, 11) is 0. The van der Waals surface area contributed by atoms with E-state index < -0.39 is 0 Å². The summed E-state index contributed by atoms with van der Waals surface area (Å²) in [5.41, 5.74) is 2.12. The van der Waals surface area contributed by atoms with Gasteiger partial charge in [0.15, 0.2) is 0 Å². The fraction of sp³-hybridized carbons (Fsp3) is 0.588. The molecule has 3 nitrogen and oxygen atoms in total. The first-order chi connectivity index (χ1) is 10.0. The van der Waals surface area contributed by atoms with E-state index in [9.17, 15) is 4.79 Å². The molecule has 1 aromatic carbocycles. The minimum Gasteiger partial charge on any atom is -0.395 e. The number of carbonyl (C=O) groups is 1. The van der Waals surface area contributed by atoms with Gasteiger partial charge in [-0.05, 0) is 43.4 Å². The van der Waals surface area contributed by atoms with Crippen LogP contribution in [0.25, 0.3) is 0 Å². The smallest absolute Gasteiger partial charge is 0.223 e. The van der Waals surface area contributed by atoms with Crippen LogP contribution in [0.15, 0.2) is 18.2 Å². The quantitative estimate of drug-likeness (QED) is 0.797. The molecule has 4 heteroatoms. The van der Waals surface area contributed by atoms with E-state index in [0.29, 0.717) is 19.4 Å². The van der Waals surface area contributed by atoms with E-state index >= 15 is 0 Å². The predicted molar refractivity (Wildman–Crippen MR) is 87.7 cm³/mol. The molecule has 118 valence electrons. The Bertz CT molecular complexity index is 458. The molecule has 0 radical (unpaired) electrons. The van der Waals surface area contributed by atoms with Gasteiger partial charge in [-0.25, -0.2) is 0 Å². The maximum atomic E-state index is 12.4. The first kappa shape index (κ1) is 18.0. The van der Waals surface area contributed by atoms with Gasteiger partial charge in [-0.2, -0.15) is 0 Å². The van der Waals surface area contributed by atoms with Crippen LogP contribution in [0.3, 0.4) is 0 Å². The van der Waals surface area contributed by atoms with Crippen molar-refractivity contribution < 1.29 is 9.90 Å². The van der Waals surface area contributed by atoms with Crippen LogP contribution >= 0.6 is 11.6 Å². The number of rotatable bonds is 8. The Kier molecular flexibility index (Phi) is 7.76. The summed E-state index contributed by atoms with van der Waals surface area (Å²) >= 11 is 6.11. The molecule has 1 rings (SSSR count). The molecule has 0 saturated carbocycles. The number of aliphatic hydroxyl groups excluding tert-OH is 1. The van der Waals surface area contributed by atoms with Crippen LogP contribution in [-0.2, 0) is 11.2 Å². The molecule has 21 heavy (non-hydrogen) atoms. The van der Waals surface area contributed by atoms with Crippen molar-refractivity contribution >= 4 is 17.5 Å². The minimum atomic E-state index is 0.0125. The van der Waals surface area contributed by atoms with E-state index in [1.54, 1.807) is 0 Å². The maximum absolute atomic E-state index is 12.4. The zero-order valence-electron chi connectivity index (χ0n) is 13.2. The van der Waals surface area contributed by atoms with Crippen molar-refractivity contribution in [1.29, 1.82) is 0 Å². The standard InChI is InChI=1S/C17H26ClNO2/c1-4-15(5-2)19(10-11-20)17(21)9-8-14-7-6-13(3)16(18)12-14/h6-7,12,15,20H,4-5,8-11H2,1-3H3. The second-order valence-electron chi connectivity index (χ2n) is 5.36. The fourth-order valence-corrected chi connectivity index (χ4v) is 2.74. The lowest BCUT2D eigenvalue weighted by molar-refractivity contribution is -0.134. The Morgan fingerprint density at radius 2 is 2.00 bits per heavy atom. The zero-order valence-corrected chi connectivity index (χ0v) is 14.0. The monoisotopic (exact) mass is 311 g/mol. The zero-order chi connectivity index (χ0) is 15.8. The Labute approximate surface area is 132 Å². The topological polar surface area (TPSA) is 40.5 Å². The molecule has 0 bridgehead atoms. The van der Waals surface area contributed by atoms with Gasteiger partial charge in [0.1, 0.15) is 0 Å². The van der Waals surface area contributed by atoms with E-state index in [1.807, 2.05) is 30.0 Å². The lowest BCUT2D eigenvalue weighted by Crippen LogP contribution is -2.41. The Balaban J connectivity index is 2.66. The van der Waals surface area contributed by atoms with Crippen molar-refractivity contribution in [2.45, 2.75) is 52.5 Å². The maximum Gasteiger partial charge on any atom is 0.223 e. The number of nitrogens with zero attached hydrogens (tertiary/aromatic N) is 1. The molecule has 0 spiro atoms. The number of amides is 1. The summed E-state index contributed by atoms with van der Waals surface area (Å²) in [5.74, 6) is 0.106. The van der Waals surface area contributed by atoms with Crippen LogP contribution in [0.2, 0.25) is 5.02 Å². The SMILES string of the molecule is CCC(CC)N(CCO)C(=O)CCc1ccc(C)c(Cl)c1. The van der Waals surface area contributed by atoms with Crippen molar-refractivity contribution in [3.05, 3.63) is 34.3 Å². The van der Waals surface area contributed by atoms with Gasteiger partial charge in [-0.3, -0.25) is 4.79 Å². The fourth-order valence-electron chi connectivity index (χ4n) is 2.53. The number of halogens is 1. The number of hydrogen-bond donors (Lipinski definition) is 1. The molecule has 0 aliphatic heterocycles. The van der Waals surface area contributed by atoms with Crippen LogP contribution in [0.1, 0.15) is 44.2 Å². The highest BCUT2D eigenvalue weighted by Crippen LogP contribution is 2.18. The van der Waals surface area contributed by atoms with Crippen LogP contribution in [0.4, 0.5) is 0 Å². The highest BCUT2D eigenvalue weighted by Gasteiger charge is 2.20. The van der Waals surface area contributed by atoms with Crippen LogP contribution in [0, 0.1) is 6.92 Å². The highest BCUT2D eigenvalue weighted by atomic mass is 35.5. The summed E-state index contributed by atoms with van der Waals surface area (Å²) in [5, 5.41) is 9.91. The van der Waals surface area contributed by atoms with Gasteiger partial charge in [0.2, 0.25) is 5.91 Å². The summed E-state index contributed by atoms with van der Waals surface area (Å²) in [6.45, 7) is 6.54. The molecule has 1 amide bonds. The number of benzene rings is 1. The Hall–Kier alpha value is -1.06. The van der Waals surface area contributed by atoms with Crippen LogP contribution in [0.5, 0.6) is 0 Å². The molecule has 0 aromatic heterocycles. The molecule has 0 aliphatic rings. The first-order valence-electron chi connectivity index (χ1n) is 7.68. The van der Waals surface area contributed by atoms with Crippen molar-refractivity contribution in [2.24, 2.45) is 0 Å². The highest BCUT2D eigenvalue weighted by molar-refractivity contribution is 6.31. The van der Waals surface area contributed by atoms with Crippen molar-refractivity contribution in [1.82, 2.24) is 4.90 Å². The Morgan fingerprint density at radius 1 is 1.33 bits per heavy atom. The second-order valence-corrected chi connectivity index (χ2v) is 5.77. The third-order valence-corrected chi connectivity index (χ3v) is 4.32. The van der Waals surface area contributed by atoms with Gasteiger partial charge in [-0.1, -0.05) is 37.6 Å². The van der Waals surface area contributed by atoms with Crippen molar-refractivity contribution in [3.8, 4) is 0 Å². The molecule has 0 saturated heterocycles. The summed E-state index contributed by atoms with van der Waals surface area (Å²) in [6, 6.07) is 6.14. The normalized spacial score (nSPS) is 11.0. The molecule has 0 fully saturated rings. The summed E-state index contributed by atoms with van der Waals surface area (Å²) in [4.78, 5) is 14.2. The molecule has 1 N–H and O–H groups in total. The van der Waals surface area contributed by atoms with Crippen molar-refractivity contribution in [3.63, 3.8) is 0 Å². The van der Waals surface area contributed by atoms with Crippen LogP contribution in [-0.4, -0.2) is 35.1 Å². The molecular weight excluding hydrogens is 286 g/mol. The second kappa shape index (κ2) is 9.06. The van der Waals surface area contributed by atoms with E-state index in [4.69, 9.17) is 16.7 Å². The average molecular weight is 312 g/mol. The van der Waals surface area contributed by atoms with Gasteiger partial charge in [0.05, 0.1) is 6.61 Å². The van der Waals surface area contributed by atoms with Gasteiger partial charge in [0.25, 0.3) is 0 Å². The number of aryl methyl sites for hydroxylation is 2. The van der Waals surface area contributed by atoms with E-state index in [0.717, 1.165) is 29.0 Å².